The number of carbonyl (C=O) groups is 1. The quantitative estimate of drug-likeness (QED) is 0.944. The first-order chi connectivity index (χ1) is 10.5. The molecule has 3 rings (SSSR count). The number of hydrogen-bond donors (Lipinski definition) is 1. The van der Waals surface area contributed by atoms with Crippen LogP contribution in [0, 0.1) is 5.92 Å². The van der Waals surface area contributed by atoms with Crippen molar-refractivity contribution in [3.05, 3.63) is 40.9 Å². The van der Waals surface area contributed by atoms with E-state index in [1.54, 1.807) is 4.90 Å². The predicted octanol–water partition coefficient (Wildman–Crippen LogP) is 3.35. The number of hydrogen-bond acceptors (Lipinski definition) is 4. The number of benzene rings is 1. The summed E-state index contributed by atoms with van der Waals surface area (Å²) in [5.41, 5.74) is 0.952. The van der Waals surface area contributed by atoms with Crippen molar-refractivity contribution in [2.24, 2.45) is 5.92 Å². The minimum atomic E-state index is -0.229. The number of likely N-dealkylation sites (tertiary alicyclic amines) is 1. The summed E-state index contributed by atoms with van der Waals surface area (Å²) in [4.78, 5) is 13.8. The smallest absolute Gasteiger partial charge is 0.323 e. The number of nitrogens with one attached hydrogen (secondary N) is 1. The van der Waals surface area contributed by atoms with Crippen molar-refractivity contribution >= 4 is 22.5 Å². The number of aromatic nitrogens is 2. The van der Waals surface area contributed by atoms with Crippen LogP contribution < -0.4 is 5.32 Å². The third-order valence-electron chi connectivity index (χ3n) is 4.02. The Hall–Kier alpha value is -1.95. The van der Waals surface area contributed by atoms with Crippen molar-refractivity contribution in [2.75, 3.05) is 18.4 Å². The lowest BCUT2D eigenvalue weighted by atomic mass is 9.85. The summed E-state index contributed by atoms with van der Waals surface area (Å²) < 4.78 is 0. The van der Waals surface area contributed by atoms with E-state index >= 15 is 0 Å². The molecule has 116 valence electrons. The van der Waals surface area contributed by atoms with Gasteiger partial charge in [-0.05, 0) is 25.3 Å². The van der Waals surface area contributed by atoms with Gasteiger partial charge < -0.3 is 4.90 Å². The maximum Gasteiger partial charge on any atom is 0.323 e. The van der Waals surface area contributed by atoms with Crippen molar-refractivity contribution in [1.29, 1.82) is 0 Å². The molecule has 0 atom stereocenters. The van der Waals surface area contributed by atoms with E-state index in [0.717, 1.165) is 18.1 Å². The largest absolute Gasteiger partial charge is 0.324 e. The number of rotatable bonds is 3. The fourth-order valence-corrected chi connectivity index (χ4v) is 3.40. The van der Waals surface area contributed by atoms with Crippen LogP contribution in [0.3, 0.4) is 0 Å². The topological polar surface area (TPSA) is 58.1 Å². The molecule has 2 amide bonds. The molecule has 0 bridgehead atoms. The molecule has 0 unspecified atom stereocenters. The van der Waals surface area contributed by atoms with Crippen LogP contribution in [-0.2, 0) is 5.41 Å². The average molecular weight is 316 g/mol. The van der Waals surface area contributed by atoms with Gasteiger partial charge in [0.15, 0.2) is 0 Å². The SMILES string of the molecule is CC1CN(C(=O)Nc2nnc(C(C)(C)c3ccccc3)s2)C1. The van der Waals surface area contributed by atoms with Crippen molar-refractivity contribution in [2.45, 2.75) is 26.2 Å². The van der Waals surface area contributed by atoms with Crippen molar-refractivity contribution in [3.8, 4) is 0 Å². The molecule has 1 aromatic carbocycles. The lowest BCUT2D eigenvalue weighted by molar-refractivity contribution is 0.140. The zero-order valence-electron chi connectivity index (χ0n) is 13.0. The van der Waals surface area contributed by atoms with Gasteiger partial charge in [-0.25, -0.2) is 4.79 Å². The monoisotopic (exact) mass is 316 g/mol. The van der Waals surface area contributed by atoms with E-state index in [2.05, 4.69) is 48.4 Å². The number of urea groups is 1. The Bertz CT molecular complexity index is 662. The Labute approximate surface area is 134 Å². The van der Waals surface area contributed by atoms with Gasteiger partial charge >= 0.3 is 6.03 Å². The molecule has 0 aliphatic carbocycles. The van der Waals surface area contributed by atoms with Gasteiger partial charge in [0.1, 0.15) is 5.01 Å². The van der Waals surface area contributed by atoms with Crippen LogP contribution in [0.1, 0.15) is 31.3 Å². The highest BCUT2D eigenvalue weighted by atomic mass is 32.1. The minimum absolute atomic E-state index is 0.0849. The number of nitrogens with zero attached hydrogens (tertiary/aromatic N) is 3. The van der Waals surface area contributed by atoms with Crippen LogP contribution in [0.15, 0.2) is 30.3 Å². The van der Waals surface area contributed by atoms with Crippen LogP contribution in [0.25, 0.3) is 0 Å². The van der Waals surface area contributed by atoms with Crippen LogP contribution in [0.4, 0.5) is 9.93 Å². The number of anilines is 1. The summed E-state index contributed by atoms with van der Waals surface area (Å²) in [5, 5.41) is 12.7. The lowest BCUT2D eigenvalue weighted by Gasteiger charge is -2.36. The van der Waals surface area contributed by atoms with E-state index in [9.17, 15) is 4.79 Å². The van der Waals surface area contributed by atoms with Gasteiger partial charge in [0, 0.05) is 18.5 Å². The summed E-state index contributed by atoms with van der Waals surface area (Å²) in [6, 6.07) is 10.1. The third-order valence-corrected chi connectivity index (χ3v) is 5.18. The van der Waals surface area contributed by atoms with Crippen LogP contribution in [-0.4, -0.2) is 34.2 Å². The third kappa shape index (κ3) is 2.83. The Morgan fingerprint density at radius 3 is 2.59 bits per heavy atom. The second-order valence-corrected chi connectivity index (χ2v) is 7.32. The maximum atomic E-state index is 12.0. The maximum absolute atomic E-state index is 12.0. The summed E-state index contributed by atoms with van der Waals surface area (Å²) >= 11 is 1.43. The molecule has 1 aliphatic heterocycles. The minimum Gasteiger partial charge on any atom is -0.324 e. The summed E-state index contributed by atoms with van der Waals surface area (Å²) in [6.45, 7) is 7.99. The van der Waals surface area contributed by atoms with E-state index in [1.807, 2.05) is 18.2 Å². The van der Waals surface area contributed by atoms with Gasteiger partial charge in [0.25, 0.3) is 0 Å². The Morgan fingerprint density at radius 1 is 1.27 bits per heavy atom. The van der Waals surface area contributed by atoms with Gasteiger partial charge in [-0.1, -0.05) is 48.6 Å². The molecular formula is C16H20N4OS. The van der Waals surface area contributed by atoms with E-state index < -0.39 is 0 Å². The number of carbonyl (C=O) groups excluding carboxylic acids is 1. The Morgan fingerprint density at radius 2 is 1.95 bits per heavy atom. The van der Waals surface area contributed by atoms with E-state index in [0.29, 0.717) is 11.0 Å². The highest BCUT2D eigenvalue weighted by Crippen LogP contribution is 2.34. The normalized spacial score (nSPS) is 15.5. The van der Waals surface area contributed by atoms with Gasteiger partial charge in [-0.3, -0.25) is 5.32 Å². The average Bonchev–Trinajstić information content (AvgIpc) is 2.94. The molecule has 1 N–H and O–H groups in total. The molecule has 1 fully saturated rings. The molecule has 1 aromatic heterocycles. The standard InChI is InChI=1S/C16H20N4OS/c1-11-9-20(10-11)15(21)17-14-19-18-13(22-14)16(2,3)12-7-5-4-6-8-12/h4-8,11H,9-10H2,1-3H3,(H,17,19,21). The molecular weight excluding hydrogens is 296 g/mol. The molecule has 22 heavy (non-hydrogen) atoms. The molecule has 1 saturated heterocycles. The fourth-order valence-electron chi connectivity index (χ4n) is 2.54. The van der Waals surface area contributed by atoms with E-state index in [4.69, 9.17) is 0 Å². The molecule has 0 spiro atoms. The molecule has 0 radical (unpaired) electrons. The Kier molecular flexibility index (Phi) is 3.87. The molecule has 6 heteroatoms. The van der Waals surface area contributed by atoms with Crippen molar-refractivity contribution in [1.82, 2.24) is 15.1 Å². The second-order valence-electron chi connectivity index (χ2n) is 6.34. The molecule has 2 heterocycles. The first-order valence-corrected chi connectivity index (χ1v) is 8.24. The van der Waals surface area contributed by atoms with Crippen molar-refractivity contribution in [3.63, 3.8) is 0 Å². The molecule has 0 saturated carbocycles. The zero-order chi connectivity index (χ0) is 15.7. The lowest BCUT2D eigenvalue weighted by Crippen LogP contribution is -2.50. The summed E-state index contributed by atoms with van der Waals surface area (Å²) in [5.74, 6) is 0.591. The van der Waals surface area contributed by atoms with Gasteiger partial charge in [-0.2, -0.15) is 0 Å². The fraction of sp³-hybridized carbons (Fsp3) is 0.438. The van der Waals surface area contributed by atoms with Crippen molar-refractivity contribution < 1.29 is 4.79 Å². The molecule has 2 aromatic rings. The second kappa shape index (κ2) is 5.68. The highest BCUT2D eigenvalue weighted by molar-refractivity contribution is 7.15. The highest BCUT2D eigenvalue weighted by Gasteiger charge is 2.30. The molecule has 5 nitrogen and oxygen atoms in total. The van der Waals surface area contributed by atoms with Gasteiger partial charge in [0.05, 0.1) is 0 Å². The zero-order valence-corrected chi connectivity index (χ0v) is 13.9. The first-order valence-electron chi connectivity index (χ1n) is 7.42. The first kappa shape index (κ1) is 15.0. The van der Waals surface area contributed by atoms with Crippen LogP contribution in [0.5, 0.6) is 0 Å². The number of amides is 2. The summed E-state index contributed by atoms with van der Waals surface area (Å²) in [6.07, 6.45) is 0. The van der Waals surface area contributed by atoms with Gasteiger partial charge in [-0.15, -0.1) is 10.2 Å². The van der Waals surface area contributed by atoms with Crippen LogP contribution >= 0.6 is 11.3 Å². The van der Waals surface area contributed by atoms with E-state index in [-0.39, 0.29) is 11.4 Å². The summed E-state index contributed by atoms with van der Waals surface area (Å²) in [7, 11) is 0. The van der Waals surface area contributed by atoms with E-state index in [1.165, 1.54) is 16.9 Å². The predicted molar refractivity (Wildman–Crippen MR) is 88.2 cm³/mol. The van der Waals surface area contributed by atoms with Gasteiger partial charge in [0.2, 0.25) is 5.13 Å². The van der Waals surface area contributed by atoms with Crippen LogP contribution in [0.2, 0.25) is 0 Å². The Balaban J connectivity index is 1.72. The molecule has 1 aliphatic rings.